The van der Waals surface area contributed by atoms with Crippen molar-refractivity contribution < 1.29 is 9.59 Å². The molecule has 0 aromatic rings. The molecule has 0 aromatic heterocycles. The van der Waals surface area contributed by atoms with Gasteiger partial charge in [-0.25, -0.2) is 0 Å². The number of rotatable bonds is 1. The van der Waals surface area contributed by atoms with E-state index < -0.39 is 0 Å². The lowest BCUT2D eigenvalue weighted by Gasteiger charge is -2.58. The lowest BCUT2D eigenvalue weighted by atomic mass is 9.47. The third-order valence-electron chi connectivity index (χ3n) is 8.87. The van der Waals surface area contributed by atoms with Gasteiger partial charge in [0.2, 0.25) is 5.91 Å². The van der Waals surface area contributed by atoms with Crippen molar-refractivity contribution in [3.63, 3.8) is 0 Å². The number of Topliss-reactive ketones (excluding diaryl/α,β-unsaturated/α-hetero) is 1. The number of allylic oxidation sites excluding steroid dienone is 1. The van der Waals surface area contributed by atoms with Crippen LogP contribution in [0.15, 0.2) is 10.6 Å². The fourth-order valence-corrected chi connectivity index (χ4v) is 7.94. The van der Waals surface area contributed by atoms with Crippen molar-refractivity contribution in [1.82, 2.24) is 5.32 Å². The number of nitrogens with one attached hydrogen (secondary N) is 1. The molecule has 4 aliphatic rings. The monoisotopic (exact) mass is 405 g/mol. The second-order valence-corrected chi connectivity index (χ2v) is 11.8. The first-order valence-electron chi connectivity index (χ1n) is 11.2. The van der Waals surface area contributed by atoms with E-state index in [-0.39, 0.29) is 34.0 Å². The predicted molar refractivity (Wildman–Crippen MR) is 113 cm³/mol. The Hall–Kier alpha value is -0.830. The molecule has 0 aromatic carbocycles. The Morgan fingerprint density at radius 3 is 2.43 bits per heavy atom. The Balaban J connectivity index is 1.61. The summed E-state index contributed by atoms with van der Waals surface area (Å²) in [7, 11) is 0. The maximum absolute atomic E-state index is 13.1. The molecule has 28 heavy (non-hydrogen) atoms. The van der Waals surface area contributed by atoms with Crippen molar-refractivity contribution >= 4 is 23.3 Å². The van der Waals surface area contributed by atoms with E-state index in [9.17, 15) is 9.59 Å². The minimum atomic E-state index is -0.174. The van der Waals surface area contributed by atoms with Crippen molar-refractivity contribution in [3.05, 3.63) is 10.6 Å². The van der Waals surface area contributed by atoms with Crippen LogP contribution in [0.1, 0.15) is 86.0 Å². The van der Waals surface area contributed by atoms with Gasteiger partial charge in [-0.2, -0.15) is 0 Å². The van der Waals surface area contributed by atoms with Crippen LogP contribution in [0.3, 0.4) is 0 Å². The summed E-state index contributed by atoms with van der Waals surface area (Å²) in [6, 6.07) is 0. The molecule has 156 valence electrons. The first-order chi connectivity index (χ1) is 13.0. The maximum Gasteiger partial charge on any atom is 0.224 e. The van der Waals surface area contributed by atoms with Crippen molar-refractivity contribution in [2.45, 2.75) is 91.5 Å². The van der Waals surface area contributed by atoms with Crippen LogP contribution in [0.5, 0.6) is 0 Å². The minimum Gasteiger partial charge on any atom is -0.351 e. The van der Waals surface area contributed by atoms with Crippen LogP contribution in [0.2, 0.25) is 0 Å². The normalized spacial score (nSPS) is 43.3. The number of hydrogen-bond acceptors (Lipinski definition) is 2. The van der Waals surface area contributed by atoms with Crippen molar-refractivity contribution in [2.75, 3.05) is 0 Å². The van der Waals surface area contributed by atoms with E-state index in [1.165, 1.54) is 12.0 Å². The Morgan fingerprint density at radius 2 is 1.75 bits per heavy atom. The van der Waals surface area contributed by atoms with Gasteiger partial charge in [-0.3, -0.25) is 9.59 Å². The molecule has 3 fully saturated rings. The lowest BCUT2D eigenvalue weighted by molar-refractivity contribution is -0.134. The van der Waals surface area contributed by atoms with Crippen LogP contribution < -0.4 is 5.32 Å². The van der Waals surface area contributed by atoms with Gasteiger partial charge in [0.1, 0.15) is 0 Å². The third-order valence-corrected chi connectivity index (χ3v) is 9.31. The van der Waals surface area contributed by atoms with E-state index in [2.05, 4.69) is 39.9 Å². The standard InChI is InChI=1S/C24H36ClNO2/c1-22(2,3)26-21(28)18-9-8-15-14-6-7-17-20(25)19(27)11-13-23(17,4)16(14)10-12-24(15,18)5/h14-16,18H,6-13H2,1-5H3,(H,26,28)/t14?,15?,16?,18-,23-,24+/m1/s1. The molecule has 0 radical (unpaired) electrons. The van der Waals surface area contributed by atoms with E-state index in [1.807, 2.05) is 0 Å². The summed E-state index contributed by atoms with van der Waals surface area (Å²) < 4.78 is 0. The van der Waals surface area contributed by atoms with Gasteiger partial charge in [0.05, 0.1) is 5.03 Å². The van der Waals surface area contributed by atoms with Crippen molar-refractivity contribution in [1.29, 1.82) is 0 Å². The number of carbonyl (C=O) groups is 2. The Labute approximate surface area is 175 Å². The third kappa shape index (κ3) is 2.99. The molecule has 0 saturated heterocycles. The van der Waals surface area contributed by atoms with Gasteiger partial charge >= 0.3 is 0 Å². The van der Waals surface area contributed by atoms with Crippen LogP contribution in [-0.4, -0.2) is 17.2 Å². The molecule has 4 heteroatoms. The molecule has 3 nitrogen and oxygen atoms in total. The topological polar surface area (TPSA) is 46.2 Å². The summed E-state index contributed by atoms with van der Waals surface area (Å²) >= 11 is 6.50. The van der Waals surface area contributed by atoms with Gasteiger partial charge in [-0.1, -0.05) is 25.4 Å². The molecule has 0 spiro atoms. The van der Waals surface area contributed by atoms with Gasteiger partial charge in [0, 0.05) is 17.9 Å². The molecule has 3 unspecified atom stereocenters. The second kappa shape index (κ2) is 6.59. The van der Waals surface area contributed by atoms with E-state index in [1.54, 1.807) is 0 Å². The highest BCUT2D eigenvalue weighted by molar-refractivity contribution is 6.43. The largest absolute Gasteiger partial charge is 0.351 e. The highest BCUT2D eigenvalue weighted by Crippen LogP contribution is 2.67. The predicted octanol–water partition coefficient (Wildman–Crippen LogP) is 5.62. The van der Waals surface area contributed by atoms with Gasteiger partial charge in [-0.05, 0) is 99.9 Å². The lowest BCUT2D eigenvalue weighted by Crippen LogP contribution is -2.53. The minimum absolute atomic E-state index is 0.0843. The van der Waals surface area contributed by atoms with Crippen molar-refractivity contribution in [2.24, 2.45) is 34.5 Å². The SMILES string of the molecule is CC(C)(C)NC(=O)[C@H]1CCC2C3CCC4=C(Cl)C(=O)CC[C@]4(C)C3CC[C@@]21C. The average Bonchev–Trinajstić information content (AvgIpc) is 2.94. The van der Waals surface area contributed by atoms with Crippen molar-refractivity contribution in [3.8, 4) is 0 Å². The second-order valence-electron chi connectivity index (χ2n) is 11.5. The summed E-state index contributed by atoms with van der Waals surface area (Å²) in [5.41, 5.74) is 1.27. The molecule has 0 aliphatic heterocycles. The van der Waals surface area contributed by atoms with Crippen LogP contribution in [-0.2, 0) is 9.59 Å². The molecule has 1 amide bonds. The van der Waals surface area contributed by atoms with E-state index in [0.29, 0.717) is 29.2 Å². The zero-order chi connectivity index (χ0) is 20.5. The first kappa shape index (κ1) is 20.4. The zero-order valence-electron chi connectivity index (χ0n) is 18.2. The number of hydrogen-bond donors (Lipinski definition) is 1. The number of fused-ring (bicyclic) bond motifs is 5. The Kier molecular flexibility index (Phi) is 4.81. The van der Waals surface area contributed by atoms with Crippen LogP contribution in [0.25, 0.3) is 0 Å². The summed E-state index contributed by atoms with van der Waals surface area (Å²) in [6.45, 7) is 11.0. The Morgan fingerprint density at radius 1 is 1.04 bits per heavy atom. The van der Waals surface area contributed by atoms with E-state index >= 15 is 0 Å². The molecule has 3 saturated carbocycles. The van der Waals surface area contributed by atoms with Gasteiger partial charge in [-0.15, -0.1) is 0 Å². The van der Waals surface area contributed by atoms with Gasteiger partial charge < -0.3 is 5.32 Å². The number of carbonyl (C=O) groups excluding carboxylic acids is 2. The summed E-state index contributed by atoms with van der Waals surface area (Å²) in [5, 5.41) is 3.80. The van der Waals surface area contributed by atoms with Crippen LogP contribution in [0, 0.1) is 34.5 Å². The zero-order valence-corrected chi connectivity index (χ0v) is 18.9. The Bertz CT molecular complexity index is 735. The van der Waals surface area contributed by atoms with E-state index in [0.717, 1.165) is 38.5 Å². The fourth-order valence-electron chi connectivity index (χ4n) is 7.54. The summed E-state index contributed by atoms with van der Waals surface area (Å²) in [4.78, 5) is 25.3. The van der Waals surface area contributed by atoms with Crippen LogP contribution in [0.4, 0.5) is 0 Å². The molecular weight excluding hydrogens is 370 g/mol. The molecule has 0 heterocycles. The number of ketones is 1. The summed E-state index contributed by atoms with van der Waals surface area (Å²) in [6.07, 6.45) is 8.12. The first-order valence-corrected chi connectivity index (χ1v) is 11.6. The fraction of sp³-hybridized carbons (Fsp3) is 0.833. The van der Waals surface area contributed by atoms with Gasteiger partial charge in [0.15, 0.2) is 5.78 Å². The molecule has 6 atom stereocenters. The molecule has 4 rings (SSSR count). The summed E-state index contributed by atoms with van der Waals surface area (Å²) in [5.74, 6) is 2.44. The van der Waals surface area contributed by atoms with Gasteiger partial charge in [0.25, 0.3) is 0 Å². The quantitative estimate of drug-likeness (QED) is 0.615. The smallest absolute Gasteiger partial charge is 0.224 e. The van der Waals surface area contributed by atoms with Crippen LogP contribution >= 0.6 is 11.6 Å². The van der Waals surface area contributed by atoms with E-state index in [4.69, 9.17) is 11.6 Å². The molecule has 4 aliphatic carbocycles. The number of amides is 1. The molecule has 0 bridgehead atoms. The molecular formula is C24H36ClNO2. The highest BCUT2D eigenvalue weighted by Gasteiger charge is 2.60. The highest BCUT2D eigenvalue weighted by atomic mass is 35.5. The maximum atomic E-state index is 13.1. The number of halogens is 1. The average molecular weight is 406 g/mol. The molecule has 1 N–H and O–H groups in total.